The van der Waals surface area contributed by atoms with E-state index in [-0.39, 0.29) is 11.6 Å². The number of carbonyl (C=O) groups excluding carboxylic acids is 1. The van der Waals surface area contributed by atoms with Crippen LogP contribution in [0.15, 0.2) is 57.8 Å². The monoisotopic (exact) mass is 297 g/mol. The Bertz CT molecular complexity index is 720. The van der Waals surface area contributed by atoms with Crippen LogP contribution in [-0.2, 0) is 6.42 Å². The van der Waals surface area contributed by atoms with E-state index in [1.54, 1.807) is 12.3 Å². The number of aromatic nitrogens is 2. The van der Waals surface area contributed by atoms with Gasteiger partial charge in [-0.05, 0) is 6.42 Å². The molecule has 0 aliphatic heterocycles. The largest absolute Gasteiger partial charge is 0.449 e. The van der Waals surface area contributed by atoms with Crippen LogP contribution >= 0.6 is 0 Å². The SMILES string of the molecule is O=C(NCCCc1ncco1)c1cc(-c2ccccc2)on1. The summed E-state index contributed by atoms with van der Waals surface area (Å²) in [6.45, 7) is 0.523. The fraction of sp³-hybridized carbons (Fsp3) is 0.188. The van der Waals surface area contributed by atoms with E-state index < -0.39 is 0 Å². The van der Waals surface area contributed by atoms with E-state index in [2.05, 4.69) is 15.5 Å². The molecule has 22 heavy (non-hydrogen) atoms. The number of hydrogen-bond acceptors (Lipinski definition) is 5. The van der Waals surface area contributed by atoms with Crippen LogP contribution < -0.4 is 5.32 Å². The summed E-state index contributed by atoms with van der Waals surface area (Å²) in [5.41, 5.74) is 1.16. The molecular weight excluding hydrogens is 282 g/mol. The number of aryl methyl sites for hydroxylation is 1. The summed E-state index contributed by atoms with van der Waals surface area (Å²) in [6.07, 6.45) is 4.57. The van der Waals surface area contributed by atoms with Crippen LogP contribution in [0.1, 0.15) is 22.8 Å². The van der Waals surface area contributed by atoms with Crippen molar-refractivity contribution < 1.29 is 13.7 Å². The van der Waals surface area contributed by atoms with Crippen molar-refractivity contribution >= 4 is 5.91 Å². The van der Waals surface area contributed by atoms with Crippen LogP contribution in [0.2, 0.25) is 0 Å². The summed E-state index contributed by atoms with van der Waals surface area (Å²) in [4.78, 5) is 16.0. The maximum absolute atomic E-state index is 12.0. The van der Waals surface area contributed by atoms with Crippen LogP contribution in [0.3, 0.4) is 0 Å². The van der Waals surface area contributed by atoms with Crippen LogP contribution in [0.25, 0.3) is 11.3 Å². The van der Waals surface area contributed by atoms with Crippen molar-refractivity contribution in [3.8, 4) is 11.3 Å². The Labute approximate surface area is 127 Å². The van der Waals surface area contributed by atoms with Crippen LogP contribution in [0.5, 0.6) is 0 Å². The predicted octanol–water partition coefficient (Wildman–Crippen LogP) is 2.69. The number of hydrogen-bond donors (Lipinski definition) is 1. The van der Waals surface area contributed by atoms with Gasteiger partial charge >= 0.3 is 0 Å². The molecule has 1 N–H and O–H groups in total. The molecule has 2 aromatic heterocycles. The van der Waals surface area contributed by atoms with Gasteiger partial charge in [-0.25, -0.2) is 4.98 Å². The highest BCUT2D eigenvalue weighted by Crippen LogP contribution is 2.19. The maximum atomic E-state index is 12.0. The Hall–Kier alpha value is -2.89. The second-order valence-corrected chi connectivity index (χ2v) is 4.73. The highest BCUT2D eigenvalue weighted by Gasteiger charge is 2.13. The molecule has 112 valence electrons. The minimum absolute atomic E-state index is 0.252. The lowest BCUT2D eigenvalue weighted by atomic mass is 10.1. The third kappa shape index (κ3) is 3.41. The third-order valence-corrected chi connectivity index (χ3v) is 3.14. The number of oxazole rings is 1. The summed E-state index contributed by atoms with van der Waals surface area (Å²) in [5, 5.41) is 6.60. The molecule has 0 bridgehead atoms. The van der Waals surface area contributed by atoms with Gasteiger partial charge in [-0.2, -0.15) is 0 Å². The first-order valence-electron chi connectivity index (χ1n) is 7.01. The van der Waals surface area contributed by atoms with E-state index in [0.717, 1.165) is 12.0 Å². The normalized spacial score (nSPS) is 10.5. The van der Waals surface area contributed by atoms with Crippen molar-refractivity contribution in [2.24, 2.45) is 0 Å². The van der Waals surface area contributed by atoms with Gasteiger partial charge in [-0.3, -0.25) is 4.79 Å². The number of carbonyl (C=O) groups is 1. The zero-order valence-electron chi connectivity index (χ0n) is 11.9. The molecule has 0 radical (unpaired) electrons. The van der Waals surface area contributed by atoms with Gasteiger partial charge in [0.1, 0.15) is 6.26 Å². The maximum Gasteiger partial charge on any atom is 0.273 e. The molecule has 1 amide bonds. The Balaban J connectivity index is 1.51. The lowest BCUT2D eigenvalue weighted by Crippen LogP contribution is -2.25. The van der Waals surface area contributed by atoms with E-state index >= 15 is 0 Å². The number of rotatable bonds is 6. The third-order valence-electron chi connectivity index (χ3n) is 3.14. The lowest BCUT2D eigenvalue weighted by molar-refractivity contribution is 0.0944. The molecule has 3 aromatic rings. The first-order chi connectivity index (χ1) is 10.8. The molecule has 3 rings (SSSR count). The summed E-state index contributed by atoms with van der Waals surface area (Å²) < 4.78 is 10.3. The Morgan fingerprint density at radius 3 is 2.86 bits per heavy atom. The zero-order chi connectivity index (χ0) is 15.2. The highest BCUT2D eigenvalue weighted by molar-refractivity contribution is 5.93. The molecule has 2 heterocycles. The molecule has 6 heteroatoms. The van der Waals surface area contributed by atoms with Gasteiger partial charge in [-0.1, -0.05) is 35.5 Å². The molecule has 0 atom stereocenters. The fourth-order valence-electron chi connectivity index (χ4n) is 2.03. The van der Waals surface area contributed by atoms with Gasteiger partial charge in [0.25, 0.3) is 5.91 Å². The summed E-state index contributed by atoms with van der Waals surface area (Å²) in [6, 6.07) is 11.2. The fourth-order valence-corrected chi connectivity index (χ4v) is 2.03. The molecule has 0 unspecified atom stereocenters. The Morgan fingerprint density at radius 2 is 2.09 bits per heavy atom. The Kier molecular flexibility index (Phi) is 4.29. The van der Waals surface area contributed by atoms with E-state index in [4.69, 9.17) is 8.94 Å². The van der Waals surface area contributed by atoms with Crippen molar-refractivity contribution in [1.82, 2.24) is 15.5 Å². The van der Waals surface area contributed by atoms with E-state index in [1.807, 2.05) is 30.3 Å². The lowest BCUT2D eigenvalue weighted by Gasteiger charge is -2.00. The van der Waals surface area contributed by atoms with Crippen molar-refractivity contribution in [2.75, 3.05) is 6.54 Å². The average molecular weight is 297 g/mol. The van der Waals surface area contributed by atoms with Gasteiger partial charge in [0, 0.05) is 24.6 Å². The first kappa shape index (κ1) is 14.1. The first-order valence-corrected chi connectivity index (χ1v) is 7.01. The summed E-state index contributed by atoms with van der Waals surface area (Å²) >= 11 is 0. The van der Waals surface area contributed by atoms with Crippen molar-refractivity contribution in [2.45, 2.75) is 12.8 Å². The van der Waals surface area contributed by atoms with Gasteiger partial charge in [-0.15, -0.1) is 0 Å². The average Bonchev–Trinajstić information content (AvgIpc) is 3.24. The van der Waals surface area contributed by atoms with Gasteiger partial charge in [0.05, 0.1) is 6.20 Å². The van der Waals surface area contributed by atoms with Crippen molar-refractivity contribution in [3.63, 3.8) is 0 Å². The minimum Gasteiger partial charge on any atom is -0.449 e. The van der Waals surface area contributed by atoms with E-state index in [9.17, 15) is 4.79 Å². The molecule has 0 aliphatic carbocycles. The second kappa shape index (κ2) is 6.71. The molecular formula is C16H15N3O3. The summed E-state index contributed by atoms with van der Waals surface area (Å²) in [5.74, 6) is 0.992. The van der Waals surface area contributed by atoms with Crippen LogP contribution in [0, 0.1) is 0 Å². The van der Waals surface area contributed by atoms with Gasteiger partial charge in [0.2, 0.25) is 0 Å². The number of nitrogens with one attached hydrogen (secondary N) is 1. The van der Waals surface area contributed by atoms with Crippen molar-refractivity contribution in [3.05, 3.63) is 60.4 Å². The topological polar surface area (TPSA) is 81.2 Å². The predicted molar refractivity (Wildman–Crippen MR) is 79.1 cm³/mol. The number of nitrogens with zero attached hydrogens (tertiary/aromatic N) is 2. The summed E-state index contributed by atoms with van der Waals surface area (Å²) in [7, 11) is 0. The molecule has 0 saturated heterocycles. The molecule has 0 fully saturated rings. The zero-order valence-corrected chi connectivity index (χ0v) is 11.9. The molecule has 0 spiro atoms. The van der Waals surface area contributed by atoms with Gasteiger partial charge in [0.15, 0.2) is 17.3 Å². The molecule has 6 nitrogen and oxygen atoms in total. The van der Waals surface area contributed by atoms with E-state index in [0.29, 0.717) is 24.6 Å². The Morgan fingerprint density at radius 1 is 1.23 bits per heavy atom. The highest BCUT2D eigenvalue weighted by atomic mass is 16.5. The molecule has 1 aromatic carbocycles. The van der Waals surface area contributed by atoms with Gasteiger partial charge < -0.3 is 14.3 Å². The molecule has 0 saturated carbocycles. The van der Waals surface area contributed by atoms with Crippen LogP contribution in [-0.4, -0.2) is 22.6 Å². The standard InChI is InChI=1S/C16H15N3O3/c20-16(18-8-4-7-15-17-9-10-21-15)13-11-14(22-19-13)12-5-2-1-3-6-12/h1-3,5-6,9-11H,4,7-8H2,(H,18,20). The van der Waals surface area contributed by atoms with Crippen LogP contribution in [0.4, 0.5) is 0 Å². The second-order valence-electron chi connectivity index (χ2n) is 4.73. The smallest absolute Gasteiger partial charge is 0.273 e. The minimum atomic E-state index is -0.252. The number of benzene rings is 1. The van der Waals surface area contributed by atoms with Crippen molar-refractivity contribution in [1.29, 1.82) is 0 Å². The number of amides is 1. The van der Waals surface area contributed by atoms with E-state index in [1.165, 1.54) is 6.26 Å². The molecule has 0 aliphatic rings. The quantitative estimate of drug-likeness (QED) is 0.707.